The summed E-state index contributed by atoms with van der Waals surface area (Å²) in [6.45, 7) is 8.02. The van der Waals surface area contributed by atoms with E-state index in [0.29, 0.717) is 19.3 Å². The molecular weight excluding hydrogens is 228 g/mol. The normalized spacial score (nSPS) is 53.3. The Hall–Kier alpha value is -0.120. The van der Waals surface area contributed by atoms with E-state index in [1.54, 1.807) is 0 Å². The van der Waals surface area contributed by atoms with Crippen LogP contribution in [0.3, 0.4) is 0 Å². The van der Waals surface area contributed by atoms with Gasteiger partial charge < -0.3 is 15.3 Å². The SMILES string of the molecule is CC(C)[C@]1(O)CC[C@@]2(C)C(O)CC[C@@](C)(O)[C@@H]2C1. The predicted octanol–water partition coefficient (Wildman–Crippen LogP) is 2.09. The molecule has 0 heterocycles. The topological polar surface area (TPSA) is 60.7 Å². The fourth-order valence-corrected chi connectivity index (χ4v) is 4.14. The molecule has 106 valence electrons. The number of hydrogen-bond acceptors (Lipinski definition) is 3. The molecule has 18 heavy (non-hydrogen) atoms. The lowest BCUT2D eigenvalue weighted by molar-refractivity contribution is -0.208. The van der Waals surface area contributed by atoms with Crippen molar-refractivity contribution < 1.29 is 15.3 Å². The lowest BCUT2D eigenvalue weighted by atomic mass is 9.50. The molecule has 0 bridgehead atoms. The molecule has 2 saturated carbocycles. The van der Waals surface area contributed by atoms with E-state index in [9.17, 15) is 15.3 Å². The minimum atomic E-state index is -0.767. The predicted molar refractivity (Wildman–Crippen MR) is 71.1 cm³/mol. The summed E-state index contributed by atoms with van der Waals surface area (Å²) < 4.78 is 0. The van der Waals surface area contributed by atoms with Crippen molar-refractivity contribution in [3.8, 4) is 0 Å². The third kappa shape index (κ3) is 2.00. The second-order valence-electron chi connectivity index (χ2n) is 7.43. The first-order valence-electron chi connectivity index (χ1n) is 7.25. The molecule has 0 aromatic heterocycles. The van der Waals surface area contributed by atoms with E-state index in [2.05, 4.69) is 6.92 Å². The van der Waals surface area contributed by atoms with E-state index in [-0.39, 0.29) is 23.4 Å². The van der Waals surface area contributed by atoms with E-state index in [0.717, 1.165) is 12.8 Å². The molecule has 3 heteroatoms. The van der Waals surface area contributed by atoms with E-state index in [4.69, 9.17) is 0 Å². The molecule has 2 fully saturated rings. The van der Waals surface area contributed by atoms with Gasteiger partial charge in [-0.05, 0) is 56.3 Å². The second-order valence-corrected chi connectivity index (χ2v) is 7.43. The van der Waals surface area contributed by atoms with Gasteiger partial charge in [-0.2, -0.15) is 0 Å². The molecule has 3 N–H and O–H groups in total. The lowest BCUT2D eigenvalue weighted by Gasteiger charge is -2.58. The van der Waals surface area contributed by atoms with Crippen molar-refractivity contribution in [2.24, 2.45) is 17.3 Å². The number of aliphatic hydroxyl groups is 3. The van der Waals surface area contributed by atoms with E-state index < -0.39 is 11.2 Å². The van der Waals surface area contributed by atoms with Crippen LogP contribution in [0.5, 0.6) is 0 Å². The number of aliphatic hydroxyl groups excluding tert-OH is 1. The van der Waals surface area contributed by atoms with Gasteiger partial charge in [0, 0.05) is 0 Å². The van der Waals surface area contributed by atoms with E-state index in [1.165, 1.54) is 0 Å². The zero-order valence-corrected chi connectivity index (χ0v) is 12.1. The van der Waals surface area contributed by atoms with Crippen molar-refractivity contribution in [1.82, 2.24) is 0 Å². The summed E-state index contributed by atoms with van der Waals surface area (Å²) in [6, 6.07) is 0. The van der Waals surface area contributed by atoms with Gasteiger partial charge in [0.15, 0.2) is 0 Å². The van der Waals surface area contributed by atoms with Crippen LogP contribution in [0.2, 0.25) is 0 Å². The van der Waals surface area contributed by atoms with Crippen LogP contribution in [0.4, 0.5) is 0 Å². The summed E-state index contributed by atoms with van der Waals surface area (Å²) in [7, 11) is 0. The Morgan fingerprint density at radius 3 is 2.22 bits per heavy atom. The van der Waals surface area contributed by atoms with Crippen LogP contribution in [0.25, 0.3) is 0 Å². The highest BCUT2D eigenvalue weighted by molar-refractivity contribution is 5.08. The molecule has 0 aliphatic heterocycles. The number of rotatable bonds is 1. The summed E-state index contributed by atoms with van der Waals surface area (Å²) in [5, 5.41) is 31.7. The molecule has 1 unspecified atom stereocenters. The summed E-state index contributed by atoms with van der Waals surface area (Å²) in [5.74, 6) is 0.173. The molecule has 0 aromatic carbocycles. The Labute approximate surface area is 110 Å². The van der Waals surface area contributed by atoms with Crippen molar-refractivity contribution in [3.05, 3.63) is 0 Å². The lowest BCUT2D eigenvalue weighted by Crippen LogP contribution is -2.61. The minimum Gasteiger partial charge on any atom is -0.393 e. The number of fused-ring (bicyclic) bond motifs is 1. The van der Waals surface area contributed by atoms with Crippen molar-refractivity contribution >= 4 is 0 Å². The van der Waals surface area contributed by atoms with Crippen LogP contribution in [0.15, 0.2) is 0 Å². The van der Waals surface area contributed by atoms with Gasteiger partial charge in [-0.1, -0.05) is 20.8 Å². The van der Waals surface area contributed by atoms with Crippen molar-refractivity contribution in [3.63, 3.8) is 0 Å². The van der Waals surface area contributed by atoms with E-state index in [1.807, 2.05) is 20.8 Å². The summed E-state index contributed by atoms with van der Waals surface area (Å²) >= 11 is 0. The Morgan fingerprint density at radius 1 is 1.06 bits per heavy atom. The summed E-state index contributed by atoms with van der Waals surface area (Å²) in [4.78, 5) is 0. The Bertz CT molecular complexity index is 326. The third-order valence-corrected chi connectivity index (χ3v) is 5.96. The van der Waals surface area contributed by atoms with E-state index >= 15 is 0 Å². The Morgan fingerprint density at radius 2 is 1.67 bits per heavy atom. The standard InChI is InChI=1S/C15H28O3/c1-10(2)15(18)8-7-13(3)11(9-15)14(4,17)6-5-12(13)16/h10-12,16-18H,5-9H2,1-4H3/t11-,12?,13-,14-,15+/m1/s1. The average molecular weight is 256 g/mol. The molecule has 2 rings (SSSR count). The largest absolute Gasteiger partial charge is 0.393 e. The molecule has 0 aromatic rings. The maximum absolute atomic E-state index is 10.7. The molecule has 0 spiro atoms. The fraction of sp³-hybridized carbons (Fsp3) is 1.00. The van der Waals surface area contributed by atoms with Crippen LogP contribution < -0.4 is 0 Å². The zero-order chi connectivity index (χ0) is 13.8. The first kappa shape index (κ1) is 14.3. The molecule has 0 amide bonds. The Balaban J connectivity index is 2.32. The average Bonchev–Trinajstić information content (AvgIpc) is 2.27. The van der Waals surface area contributed by atoms with Gasteiger partial charge >= 0.3 is 0 Å². The van der Waals surface area contributed by atoms with Gasteiger partial charge in [0.25, 0.3) is 0 Å². The first-order valence-corrected chi connectivity index (χ1v) is 7.25. The van der Waals surface area contributed by atoms with Gasteiger partial charge in [0.1, 0.15) is 0 Å². The molecular formula is C15H28O3. The zero-order valence-electron chi connectivity index (χ0n) is 12.1. The highest BCUT2D eigenvalue weighted by atomic mass is 16.3. The molecule has 2 aliphatic rings. The maximum Gasteiger partial charge on any atom is 0.0674 e. The van der Waals surface area contributed by atoms with Gasteiger partial charge in [0.05, 0.1) is 17.3 Å². The van der Waals surface area contributed by atoms with Gasteiger partial charge in [-0.25, -0.2) is 0 Å². The van der Waals surface area contributed by atoms with Gasteiger partial charge in [0.2, 0.25) is 0 Å². The molecule has 3 nitrogen and oxygen atoms in total. The quantitative estimate of drug-likeness (QED) is 0.673. The molecule has 5 atom stereocenters. The minimum absolute atomic E-state index is 0.0186. The number of hydrogen-bond donors (Lipinski definition) is 3. The third-order valence-electron chi connectivity index (χ3n) is 5.96. The first-order chi connectivity index (χ1) is 8.12. The van der Waals surface area contributed by atoms with Crippen LogP contribution >= 0.6 is 0 Å². The van der Waals surface area contributed by atoms with Gasteiger partial charge in [-0.3, -0.25) is 0 Å². The fourth-order valence-electron chi connectivity index (χ4n) is 4.14. The van der Waals surface area contributed by atoms with Crippen molar-refractivity contribution in [2.45, 2.75) is 77.1 Å². The van der Waals surface area contributed by atoms with Crippen molar-refractivity contribution in [1.29, 1.82) is 0 Å². The monoisotopic (exact) mass is 256 g/mol. The van der Waals surface area contributed by atoms with Crippen LogP contribution in [-0.2, 0) is 0 Å². The second kappa shape index (κ2) is 4.19. The summed E-state index contributed by atoms with van der Waals surface area (Å²) in [6.07, 6.45) is 3.07. The molecule has 0 radical (unpaired) electrons. The van der Waals surface area contributed by atoms with Crippen LogP contribution in [0.1, 0.15) is 59.8 Å². The van der Waals surface area contributed by atoms with Crippen LogP contribution in [0, 0.1) is 17.3 Å². The highest BCUT2D eigenvalue weighted by Gasteiger charge is 2.58. The maximum atomic E-state index is 10.7. The Kier molecular flexibility index (Phi) is 3.33. The summed E-state index contributed by atoms with van der Waals surface area (Å²) in [5.41, 5.74) is -1.70. The van der Waals surface area contributed by atoms with Crippen molar-refractivity contribution in [2.75, 3.05) is 0 Å². The molecule has 0 saturated heterocycles. The molecule has 2 aliphatic carbocycles. The highest BCUT2D eigenvalue weighted by Crippen LogP contribution is 2.57. The van der Waals surface area contributed by atoms with Crippen LogP contribution in [-0.4, -0.2) is 32.6 Å². The smallest absolute Gasteiger partial charge is 0.0674 e. The van der Waals surface area contributed by atoms with Gasteiger partial charge in [-0.15, -0.1) is 0 Å².